The van der Waals surface area contributed by atoms with Gasteiger partial charge in [0.05, 0.1) is 46.7 Å². The molecule has 2 aromatic carbocycles. The summed E-state index contributed by atoms with van der Waals surface area (Å²) in [7, 11) is 6.50. The van der Waals surface area contributed by atoms with E-state index in [4.69, 9.17) is 18.9 Å². The summed E-state index contributed by atoms with van der Waals surface area (Å²) in [6, 6.07) is 9.69. The standard InChI is InChI=1S/C18H20N2O4/c1-21-15-6-5-12(7-16(15)22-2)11-20-14-9-18(24-4)17(23-3)8-13(14)10-19-20/h5-10H,11H2,1-4H3. The Hall–Kier alpha value is -2.89. The molecular weight excluding hydrogens is 308 g/mol. The van der Waals surface area contributed by atoms with Crippen LogP contribution >= 0.6 is 0 Å². The van der Waals surface area contributed by atoms with Gasteiger partial charge in [0.15, 0.2) is 23.0 Å². The van der Waals surface area contributed by atoms with Crippen LogP contribution in [0.5, 0.6) is 23.0 Å². The van der Waals surface area contributed by atoms with Gasteiger partial charge in [0.1, 0.15) is 0 Å². The fourth-order valence-electron chi connectivity index (χ4n) is 2.68. The van der Waals surface area contributed by atoms with Crippen LogP contribution in [0.2, 0.25) is 0 Å². The molecule has 0 N–H and O–H groups in total. The maximum absolute atomic E-state index is 5.38. The maximum atomic E-state index is 5.38. The van der Waals surface area contributed by atoms with Crippen molar-refractivity contribution in [3.63, 3.8) is 0 Å². The van der Waals surface area contributed by atoms with E-state index in [2.05, 4.69) is 5.10 Å². The smallest absolute Gasteiger partial charge is 0.162 e. The number of nitrogens with zero attached hydrogens (tertiary/aromatic N) is 2. The topological polar surface area (TPSA) is 54.7 Å². The summed E-state index contributed by atoms with van der Waals surface area (Å²) in [5, 5.41) is 5.47. The second-order valence-electron chi connectivity index (χ2n) is 5.26. The fourth-order valence-corrected chi connectivity index (χ4v) is 2.68. The van der Waals surface area contributed by atoms with Crippen LogP contribution < -0.4 is 18.9 Å². The molecule has 0 spiro atoms. The molecule has 1 heterocycles. The minimum absolute atomic E-state index is 0.610. The Morgan fingerprint density at radius 2 is 1.42 bits per heavy atom. The molecule has 0 aliphatic rings. The molecule has 0 fully saturated rings. The highest BCUT2D eigenvalue weighted by molar-refractivity contribution is 5.82. The lowest BCUT2D eigenvalue weighted by Gasteiger charge is -2.11. The van der Waals surface area contributed by atoms with Crippen molar-refractivity contribution < 1.29 is 18.9 Å². The molecule has 0 atom stereocenters. The summed E-state index contributed by atoms with van der Waals surface area (Å²) < 4.78 is 23.3. The molecule has 6 heteroatoms. The van der Waals surface area contributed by atoms with Crippen molar-refractivity contribution in [3.8, 4) is 23.0 Å². The first-order valence-electron chi connectivity index (χ1n) is 7.48. The highest BCUT2D eigenvalue weighted by atomic mass is 16.5. The Bertz CT molecular complexity index is 858. The summed E-state index contributed by atoms with van der Waals surface area (Å²) in [6.45, 7) is 0.610. The van der Waals surface area contributed by atoms with Crippen LogP contribution in [0.25, 0.3) is 10.9 Å². The van der Waals surface area contributed by atoms with Gasteiger partial charge in [-0.2, -0.15) is 5.10 Å². The predicted molar refractivity (Wildman–Crippen MR) is 91.5 cm³/mol. The normalized spacial score (nSPS) is 10.7. The number of rotatable bonds is 6. The summed E-state index contributed by atoms with van der Waals surface area (Å²) in [4.78, 5) is 0. The van der Waals surface area contributed by atoms with Gasteiger partial charge in [0, 0.05) is 11.5 Å². The molecule has 3 rings (SSSR count). The number of aromatic nitrogens is 2. The van der Waals surface area contributed by atoms with E-state index in [0.717, 1.165) is 16.5 Å². The Labute approximate surface area is 140 Å². The third kappa shape index (κ3) is 2.82. The average molecular weight is 328 g/mol. The zero-order valence-corrected chi connectivity index (χ0v) is 14.2. The molecule has 0 saturated heterocycles. The number of hydrogen-bond acceptors (Lipinski definition) is 5. The quantitative estimate of drug-likeness (QED) is 0.696. The first-order valence-corrected chi connectivity index (χ1v) is 7.48. The lowest BCUT2D eigenvalue weighted by molar-refractivity contribution is 0.354. The zero-order valence-electron chi connectivity index (χ0n) is 14.2. The van der Waals surface area contributed by atoms with Crippen LogP contribution in [0.4, 0.5) is 0 Å². The van der Waals surface area contributed by atoms with Crippen LogP contribution in [0.3, 0.4) is 0 Å². The van der Waals surface area contributed by atoms with Crippen molar-refractivity contribution >= 4 is 10.9 Å². The van der Waals surface area contributed by atoms with Crippen molar-refractivity contribution in [1.29, 1.82) is 0 Å². The van der Waals surface area contributed by atoms with Gasteiger partial charge >= 0.3 is 0 Å². The highest BCUT2D eigenvalue weighted by Gasteiger charge is 2.11. The van der Waals surface area contributed by atoms with Crippen molar-refractivity contribution in [2.45, 2.75) is 6.54 Å². The molecule has 0 bridgehead atoms. The second kappa shape index (κ2) is 6.70. The molecule has 3 aromatic rings. The summed E-state index contributed by atoms with van der Waals surface area (Å²) in [5.41, 5.74) is 2.04. The van der Waals surface area contributed by atoms with Crippen molar-refractivity contribution in [2.75, 3.05) is 28.4 Å². The van der Waals surface area contributed by atoms with Gasteiger partial charge in [-0.25, -0.2) is 0 Å². The van der Waals surface area contributed by atoms with Gasteiger partial charge in [0.25, 0.3) is 0 Å². The van der Waals surface area contributed by atoms with E-state index in [9.17, 15) is 0 Å². The van der Waals surface area contributed by atoms with Crippen molar-refractivity contribution in [2.24, 2.45) is 0 Å². The van der Waals surface area contributed by atoms with Crippen LogP contribution in [-0.4, -0.2) is 38.2 Å². The Balaban J connectivity index is 1.98. The SMILES string of the molecule is COc1ccc(Cn2ncc3cc(OC)c(OC)cc32)cc1OC. The van der Waals surface area contributed by atoms with Crippen LogP contribution in [0, 0.1) is 0 Å². The Morgan fingerprint density at radius 3 is 2.08 bits per heavy atom. The molecule has 0 saturated carbocycles. The number of ether oxygens (including phenoxy) is 4. The molecule has 0 amide bonds. The van der Waals surface area contributed by atoms with E-state index in [1.165, 1.54) is 0 Å². The van der Waals surface area contributed by atoms with E-state index in [0.29, 0.717) is 29.5 Å². The monoisotopic (exact) mass is 328 g/mol. The van der Waals surface area contributed by atoms with Crippen LogP contribution in [0.15, 0.2) is 36.5 Å². The average Bonchev–Trinajstić information content (AvgIpc) is 3.02. The first kappa shape index (κ1) is 16.0. The molecule has 0 aliphatic carbocycles. The molecule has 0 radical (unpaired) electrons. The molecule has 126 valence electrons. The molecule has 6 nitrogen and oxygen atoms in total. The highest BCUT2D eigenvalue weighted by Crippen LogP contribution is 2.33. The third-order valence-electron chi connectivity index (χ3n) is 3.93. The number of hydrogen-bond donors (Lipinski definition) is 0. The minimum Gasteiger partial charge on any atom is -0.493 e. The van der Waals surface area contributed by atoms with E-state index in [1.807, 2.05) is 41.2 Å². The molecule has 1 aromatic heterocycles. The lowest BCUT2D eigenvalue weighted by atomic mass is 10.2. The minimum atomic E-state index is 0.610. The molecule has 24 heavy (non-hydrogen) atoms. The largest absolute Gasteiger partial charge is 0.493 e. The van der Waals surface area contributed by atoms with E-state index in [-0.39, 0.29) is 0 Å². The summed E-state index contributed by atoms with van der Waals surface area (Å²) >= 11 is 0. The van der Waals surface area contributed by atoms with E-state index >= 15 is 0 Å². The molecular formula is C18H20N2O4. The third-order valence-corrected chi connectivity index (χ3v) is 3.93. The molecule has 0 unspecified atom stereocenters. The number of fused-ring (bicyclic) bond motifs is 1. The Kier molecular flexibility index (Phi) is 4.46. The lowest BCUT2D eigenvalue weighted by Crippen LogP contribution is -2.02. The first-order chi connectivity index (χ1) is 11.7. The van der Waals surface area contributed by atoms with Crippen LogP contribution in [0.1, 0.15) is 5.56 Å². The Morgan fingerprint density at radius 1 is 0.792 bits per heavy atom. The van der Waals surface area contributed by atoms with E-state index in [1.54, 1.807) is 28.4 Å². The van der Waals surface area contributed by atoms with E-state index < -0.39 is 0 Å². The summed E-state index contributed by atoms with van der Waals surface area (Å²) in [5.74, 6) is 2.78. The van der Waals surface area contributed by atoms with Crippen molar-refractivity contribution in [3.05, 3.63) is 42.1 Å². The second-order valence-corrected chi connectivity index (χ2v) is 5.26. The van der Waals surface area contributed by atoms with Gasteiger partial charge in [-0.15, -0.1) is 0 Å². The summed E-state index contributed by atoms with van der Waals surface area (Å²) in [6.07, 6.45) is 1.82. The van der Waals surface area contributed by atoms with Gasteiger partial charge in [-0.05, 0) is 23.8 Å². The molecule has 0 aliphatic heterocycles. The zero-order chi connectivity index (χ0) is 17.1. The van der Waals surface area contributed by atoms with Gasteiger partial charge in [0.2, 0.25) is 0 Å². The van der Waals surface area contributed by atoms with Gasteiger partial charge in [-0.1, -0.05) is 6.07 Å². The van der Waals surface area contributed by atoms with Crippen LogP contribution in [-0.2, 0) is 6.54 Å². The van der Waals surface area contributed by atoms with Crippen molar-refractivity contribution in [1.82, 2.24) is 9.78 Å². The van der Waals surface area contributed by atoms with Gasteiger partial charge in [-0.3, -0.25) is 4.68 Å². The predicted octanol–water partition coefficient (Wildman–Crippen LogP) is 3.12. The fraction of sp³-hybridized carbons (Fsp3) is 0.278. The van der Waals surface area contributed by atoms with Gasteiger partial charge < -0.3 is 18.9 Å². The number of methoxy groups -OCH3 is 4. The maximum Gasteiger partial charge on any atom is 0.162 e. The number of benzene rings is 2.